The summed E-state index contributed by atoms with van der Waals surface area (Å²) in [5.41, 5.74) is 2.66. The SMILES string of the molecule is CCn1nc(C)c(NC(=O)NCC2(CCO)CCCCC2)c1C. The molecule has 3 N–H and O–H groups in total. The minimum absolute atomic E-state index is 0.0576. The molecule has 0 atom stereocenters. The molecule has 1 aliphatic rings. The Bertz CT molecular complexity index is 527. The number of hydrogen-bond acceptors (Lipinski definition) is 3. The quantitative estimate of drug-likeness (QED) is 0.753. The zero-order valence-corrected chi connectivity index (χ0v) is 14.6. The van der Waals surface area contributed by atoms with E-state index in [4.69, 9.17) is 0 Å². The van der Waals surface area contributed by atoms with Crippen molar-refractivity contribution >= 4 is 11.7 Å². The Balaban J connectivity index is 1.95. The van der Waals surface area contributed by atoms with Crippen molar-refractivity contribution in [1.29, 1.82) is 0 Å². The molecule has 6 heteroatoms. The van der Waals surface area contributed by atoms with Gasteiger partial charge in [-0.1, -0.05) is 19.3 Å². The first-order valence-corrected chi connectivity index (χ1v) is 8.71. The topological polar surface area (TPSA) is 79.2 Å². The van der Waals surface area contributed by atoms with Crippen molar-refractivity contribution in [2.24, 2.45) is 5.41 Å². The van der Waals surface area contributed by atoms with Crippen molar-refractivity contribution in [3.63, 3.8) is 0 Å². The van der Waals surface area contributed by atoms with E-state index in [0.717, 1.165) is 42.9 Å². The van der Waals surface area contributed by atoms with Gasteiger partial charge in [-0.15, -0.1) is 0 Å². The molecule has 6 nitrogen and oxygen atoms in total. The molecule has 0 spiro atoms. The first-order chi connectivity index (χ1) is 11.0. The van der Waals surface area contributed by atoms with Gasteiger partial charge in [-0.3, -0.25) is 4.68 Å². The third-order valence-corrected chi connectivity index (χ3v) is 5.10. The van der Waals surface area contributed by atoms with Gasteiger partial charge >= 0.3 is 6.03 Å². The molecule has 0 unspecified atom stereocenters. The van der Waals surface area contributed by atoms with Crippen LogP contribution < -0.4 is 10.6 Å². The number of hydrogen-bond donors (Lipinski definition) is 3. The van der Waals surface area contributed by atoms with Crippen molar-refractivity contribution in [3.8, 4) is 0 Å². The van der Waals surface area contributed by atoms with Gasteiger partial charge in [-0.25, -0.2) is 4.79 Å². The average molecular weight is 322 g/mol. The number of carbonyl (C=O) groups excluding carboxylic acids is 1. The van der Waals surface area contributed by atoms with Crippen LogP contribution in [0.15, 0.2) is 0 Å². The smallest absolute Gasteiger partial charge is 0.319 e. The Morgan fingerprint density at radius 3 is 2.57 bits per heavy atom. The number of nitrogens with one attached hydrogen (secondary N) is 2. The molecule has 0 saturated heterocycles. The predicted octanol–water partition coefficient (Wildman–Crippen LogP) is 2.97. The molecule has 2 rings (SSSR count). The largest absolute Gasteiger partial charge is 0.396 e. The van der Waals surface area contributed by atoms with E-state index in [1.165, 1.54) is 19.3 Å². The third-order valence-electron chi connectivity index (χ3n) is 5.10. The van der Waals surface area contributed by atoms with Crippen LogP contribution in [0.2, 0.25) is 0 Å². The monoisotopic (exact) mass is 322 g/mol. The summed E-state index contributed by atoms with van der Waals surface area (Å²) in [6, 6.07) is -0.185. The summed E-state index contributed by atoms with van der Waals surface area (Å²) in [6.45, 7) is 7.50. The Morgan fingerprint density at radius 1 is 1.30 bits per heavy atom. The summed E-state index contributed by atoms with van der Waals surface area (Å²) in [6.07, 6.45) is 6.56. The van der Waals surface area contributed by atoms with Crippen LogP contribution >= 0.6 is 0 Å². The number of aliphatic hydroxyl groups excluding tert-OH is 1. The molecule has 0 aliphatic heterocycles. The maximum absolute atomic E-state index is 12.3. The lowest BCUT2D eigenvalue weighted by atomic mass is 9.72. The standard InChI is InChI=1S/C17H30N4O2/c1-4-21-14(3)15(13(2)20-21)19-16(23)18-12-17(10-11-22)8-6-5-7-9-17/h22H,4-12H2,1-3H3,(H2,18,19,23). The lowest BCUT2D eigenvalue weighted by Gasteiger charge is -2.37. The highest BCUT2D eigenvalue weighted by Crippen LogP contribution is 2.38. The molecule has 1 saturated carbocycles. The van der Waals surface area contributed by atoms with Crippen molar-refractivity contribution < 1.29 is 9.90 Å². The second-order valence-corrected chi connectivity index (χ2v) is 6.70. The summed E-state index contributed by atoms with van der Waals surface area (Å²) >= 11 is 0. The lowest BCUT2D eigenvalue weighted by molar-refractivity contribution is 0.128. The van der Waals surface area contributed by atoms with E-state index in [2.05, 4.69) is 15.7 Å². The van der Waals surface area contributed by atoms with Gasteiger partial charge in [0, 0.05) is 19.7 Å². The minimum atomic E-state index is -0.185. The minimum Gasteiger partial charge on any atom is -0.396 e. The van der Waals surface area contributed by atoms with E-state index < -0.39 is 0 Å². The van der Waals surface area contributed by atoms with Crippen molar-refractivity contribution in [2.45, 2.75) is 65.8 Å². The van der Waals surface area contributed by atoms with Crippen LogP contribution in [0, 0.1) is 19.3 Å². The van der Waals surface area contributed by atoms with Gasteiger partial charge in [0.1, 0.15) is 0 Å². The first kappa shape index (κ1) is 17.8. The fourth-order valence-corrected chi connectivity index (χ4v) is 3.67. The van der Waals surface area contributed by atoms with Gasteiger partial charge in [-0.05, 0) is 45.4 Å². The second kappa shape index (κ2) is 7.81. The van der Waals surface area contributed by atoms with Gasteiger partial charge in [0.2, 0.25) is 0 Å². The van der Waals surface area contributed by atoms with E-state index >= 15 is 0 Å². The van der Waals surface area contributed by atoms with Crippen molar-refractivity contribution in [1.82, 2.24) is 15.1 Å². The third kappa shape index (κ3) is 4.25. The summed E-state index contributed by atoms with van der Waals surface area (Å²) in [5, 5.41) is 19.7. The highest BCUT2D eigenvalue weighted by atomic mass is 16.3. The average Bonchev–Trinajstić information content (AvgIpc) is 2.82. The van der Waals surface area contributed by atoms with E-state index in [0.29, 0.717) is 6.54 Å². The zero-order valence-electron chi connectivity index (χ0n) is 14.6. The molecule has 23 heavy (non-hydrogen) atoms. The number of aromatic nitrogens is 2. The maximum Gasteiger partial charge on any atom is 0.319 e. The number of aliphatic hydroxyl groups is 1. The number of nitrogens with zero attached hydrogens (tertiary/aromatic N) is 2. The van der Waals surface area contributed by atoms with Gasteiger partial charge in [0.15, 0.2) is 0 Å². The van der Waals surface area contributed by atoms with Crippen LogP contribution in [0.3, 0.4) is 0 Å². The molecule has 2 amide bonds. The van der Waals surface area contributed by atoms with E-state index in [1.807, 2.05) is 25.5 Å². The number of aryl methyl sites for hydroxylation is 2. The lowest BCUT2D eigenvalue weighted by Crippen LogP contribution is -2.41. The number of urea groups is 1. The Hall–Kier alpha value is -1.56. The van der Waals surface area contributed by atoms with Crippen LogP contribution in [0.4, 0.5) is 10.5 Å². The number of carbonyl (C=O) groups is 1. The fourth-order valence-electron chi connectivity index (χ4n) is 3.67. The fraction of sp³-hybridized carbons (Fsp3) is 0.765. The van der Waals surface area contributed by atoms with Crippen LogP contribution in [-0.2, 0) is 6.54 Å². The molecule has 1 aromatic rings. The molecule has 0 aromatic carbocycles. The zero-order chi connectivity index (χ0) is 16.9. The van der Waals surface area contributed by atoms with Crippen LogP contribution in [0.1, 0.15) is 56.8 Å². The van der Waals surface area contributed by atoms with Crippen LogP contribution in [-0.4, -0.2) is 34.1 Å². The molecule has 1 aliphatic carbocycles. The summed E-state index contributed by atoms with van der Waals surface area (Å²) in [4.78, 5) is 12.3. The summed E-state index contributed by atoms with van der Waals surface area (Å²) in [7, 11) is 0. The molecule has 1 fully saturated rings. The Kier molecular flexibility index (Phi) is 6.04. The highest BCUT2D eigenvalue weighted by molar-refractivity contribution is 5.90. The van der Waals surface area contributed by atoms with Crippen LogP contribution in [0.25, 0.3) is 0 Å². The van der Waals surface area contributed by atoms with E-state index in [-0.39, 0.29) is 18.1 Å². The molecular weight excluding hydrogens is 292 g/mol. The maximum atomic E-state index is 12.3. The predicted molar refractivity (Wildman–Crippen MR) is 91.6 cm³/mol. The van der Waals surface area contributed by atoms with Crippen molar-refractivity contribution in [3.05, 3.63) is 11.4 Å². The Labute approximate surface area is 138 Å². The van der Waals surface area contributed by atoms with Gasteiger partial charge in [0.05, 0.1) is 17.1 Å². The second-order valence-electron chi connectivity index (χ2n) is 6.70. The van der Waals surface area contributed by atoms with Gasteiger partial charge < -0.3 is 15.7 Å². The molecular formula is C17H30N4O2. The van der Waals surface area contributed by atoms with Gasteiger partial charge in [0.25, 0.3) is 0 Å². The Morgan fingerprint density at radius 2 is 2.00 bits per heavy atom. The van der Waals surface area contributed by atoms with Crippen LogP contribution in [0.5, 0.6) is 0 Å². The van der Waals surface area contributed by atoms with E-state index in [1.54, 1.807) is 0 Å². The molecule has 130 valence electrons. The number of rotatable bonds is 6. The molecule has 1 aromatic heterocycles. The number of amides is 2. The number of anilines is 1. The summed E-state index contributed by atoms with van der Waals surface area (Å²) < 4.78 is 1.89. The van der Waals surface area contributed by atoms with Crippen molar-refractivity contribution in [2.75, 3.05) is 18.5 Å². The summed E-state index contributed by atoms with van der Waals surface area (Å²) in [5.74, 6) is 0. The molecule has 1 heterocycles. The first-order valence-electron chi connectivity index (χ1n) is 8.71. The van der Waals surface area contributed by atoms with Gasteiger partial charge in [-0.2, -0.15) is 5.10 Å². The van der Waals surface area contributed by atoms with E-state index in [9.17, 15) is 9.90 Å². The highest BCUT2D eigenvalue weighted by Gasteiger charge is 2.31. The molecule has 0 bridgehead atoms. The molecule has 0 radical (unpaired) electrons. The normalized spacial score (nSPS) is 17.0.